The summed E-state index contributed by atoms with van der Waals surface area (Å²) in [6.07, 6.45) is 6.43. The second kappa shape index (κ2) is 13.3. The summed E-state index contributed by atoms with van der Waals surface area (Å²) in [6.45, 7) is 4.54. The molecule has 0 amide bonds. The van der Waals surface area contributed by atoms with Crippen LogP contribution in [0.3, 0.4) is 0 Å². The Labute approximate surface area is 173 Å². The fourth-order valence-electron chi connectivity index (χ4n) is 2.65. The summed E-state index contributed by atoms with van der Waals surface area (Å²) in [4.78, 5) is 0. The molecule has 0 aliphatic carbocycles. The average molecular weight is 417 g/mol. The molecule has 0 fully saturated rings. The summed E-state index contributed by atoms with van der Waals surface area (Å²) in [6, 6.07) is 13.5. The van der Waals surface area contributed by atoms with E-state index < -0.39 is 0 Å². The van der Waals surface area contributed by atoms with E-state index in [1.54, 1.807) is 0 Å². The molecule has 2 nitrogen and oxygen atoms in total. The molecule has 0 heterocycles. The molecule has 0 atom stereocenters. The van der Waals surface area contributed by atoms with Gasteiger partial charge in [-0.15, -0.1) is 12.4 Å². The molecule has 0 spiro atoms. The van der Waals surface area contributed by atoms with Gasteiger partial charge in [0, 0.05) is 22.2 Å². The lowest BCUT2D eigenvalue weighted by molar-refractivity contribution is 0.302. The second-order valence-corrected chi connectivity index (χ2v) is 7.13. The second-order valence-electron chi connectivity index (χ2n) is 6.26. The van der Waals surface area contributed by atoms with Gasteiger partial charge in [0.1, 0.15) is 12.4 Å². The molecule has 2 aromatic rings. The first-order chi connectivity index (χ1) is 12.2. The molecule has 144 valence electrons. The van der Waals surface area contributed by atoms with Gasteiger partial charge in [-0.1, -0.05) is 67.9 Å². The van der Waals surface area contributed by atoms with E-state index in [2.05, 4.69) is 12.2 Å². The van der Waals surface area contributed by atoms with Crippen molar-refractivity contribution in [2.24, 2.45) is 0 Å². The zero-order valence-corrected chi connectivity index (χ0v) is 17.6. The first-order valence-electron chi connectivity index (χ1n) is 9.05. The third-order valence-corrected chi connectivity index (χ3v) is 4.59. The van der Waals surface area contributed by atoms with E-state index in [0.29, 0.717) is 6.61 Å². The molecule has 2 rings (SSSR count). The number of hydrogen-bond donors (Lipinski definition) is 1. The maximum Gasteiger partial charge on any atom is 0.124 e. The predicted molar refractivity (Wildman–Crippen MR) is 115 cm³/mol. The van der Waals surface area contributed by atoms with Crippen molar-refractivity contribution < 1.29 is 4.74 Å². The molecule has 1 N–H and O–H groups in total. The normalized spacial score (nSPS) is 10.4. The lowest BCUT2D eigenvalue weighted by Crippen LogP contribution is -2.15. The van der Waals surface area contributed by atoms with Gasteiger partial charge in [0.15, 0.2) is 0 Å². The van der Waals surface area contributed by atoms with E-state index in [1.807, 2.05) is 42.5 Å². The molecule has 26 heavy (non-hydrogen) atoms. The minimum atomic E-state index is 0. The first-order valence-corrected chi connectivity index (χ1v) is 9.81. The van der Waals surface area contributed by atoms with Crippen LogP contribution in [-0.2, 0) is 13.2 Å². The van der Waals surface area contributed by atoms with E-state index in [9.17, 15) is 0 Å². The van der Waals surface area contributed by atoms with Crippen LogP contribution in [0.4, 0.5) is 0 Å². The molecule has 2 aromatic carbocycles. The molecular weight excluding hydrogens is 389 g/mol. The number of halogens is 3. The summed E-state index contributed by atoms with van der Waals surface area (Å²) < 4.78 is 5.99. The van der Waals surface area contributed by atoms with Crippen molar-refractivity contribution in [2.75, 3.05) is 6.54 Å². The zero-order chi connectivity index (χ0) is 17.9. The van der Waals surface area contributed by atoms with Crippen LogP contribution in [0.15, 0.2) is 42.5 Å². The molecule has 0 aliphatic rings. The van der Waals surface area contributed by atoms with Crippen LogP contribution in [0.2, 0.25) is 10.0 Å². The Morgan fingerprint density at radius 1 is 0.885 bits per heavy atom. The molecule has 0 aliphatic heterocycles. The molecule has 5 heteroatoms. The van der Waals surface area contributed by atoms with Crippen LogP contribution in [0.25, 0.3) is 0 Å². The number of nitrogens with one attached hydrogen (secondary N) is 1. The van der Waals surface area contributed by atoms with Crippen molar-refractivity contribution in [2.45, 2.75) is 52.2 Å². The zero-order valence-electron chi connectivity index (χ0n) is 15.3. The van der Waals surface area contributed by atoms with Crippen LogP contribution >= 0.6 is 35.6 Å². The molecular formula is C21H28Cl3NO. The van der Waals surface area contributed by atoms with Crippen LogP contribution in [0.5, 0.6) is 5.75 Å². The fraction of sp³-hybridized carbons (Fsp3) is 0.429. The van der Waals surface area contributed by atoms with Gasteiger partial charge in [0.2, 0.25) is 0 Å². The standard InChI is InChI=1S/C21H27Cl2NO.ClH/c1-2-3-4-5-6-13-24-15-18-14-20(23)11-12-21(18)25-16-17-7-9-19(22)10-8-17;/h7-12,14,24H,2-6,13,15-16H2,1H3;1H. The minimum absolute atomic E-state index is 0. The fourth-order valence-corrected chi connectivity index (χ4v) is 2.97. The van der Waals surface area contributed by atoms with Crippen LogP contribution in [0.1, 0.15) is 50.2 Å². The lowest BCUT2D eigenvalue weighted by atomic mass is 10.1. The number of unbranched alkanes of at least 4 members (excludes halogenated alkanes) is 4. The van der Waals surface area contributed by atoms with Gasteiger partial charge in [0.05, 0.1) is 0 Å². The van der Waals surface area contributed by atoms with Gasteiger partial charge >= 0.3 is 0 Å². The highest BCUT2D eigenvalue weighted by molar-refractivity contribution is 6.30. The quantitative estimate of drug-likeness (QED) is 0.396. The van der Waals surface area contributed by atoms with Gasteiger partial charge in [-0.05, 0) is 48.9 Å². The minimum Gasteiger partial charge on any atom is -0.489 e. The Morgan fingerprint density at radius 2 is 1.58 bits per heavy atom. The summed E-state index contributed by atoms with van der Waals surface area (Å²) in [5, 5.41) is 4.97. The Bertz CT molecular complexity index is 632. The van der Waals surface area contributed by atoms with Gasteiger partial charge in [0.25, 0.3) is 0 Å². The van der Waals surface area contributed by atoms with Crippen molar-refractivity contribution in [1.29, 1.82) is 0 Å². The molecule has 0 radical (unpaired) electrons. The molecule has 0 saturated carbocycles. The van der Waals surface area contributed by atoms with Gasteiger partial charge in [-0.2, -0.15) is 0 Å². The summed E-state index contributed by atoms with van der Waals surface area (Å²) >= 11 is 12.1. The Kier molecular flexibility index (Phi) is 11.8. The molecule has 0 bridgehead atoms. The van der Waals surface area contributed by atoms with Gasteiger partial charge < -0.3 is 10.1 Å². The monoisotopic (exact) mass is 415 g/mol. The average Bonchev–Trinajstić information content (AvgIpc) is 2.61. The highest BCUT2D eigenvalue weighted by Crippen LogP contribution is 2.24. The van der Waals surface area contributed by atoms with Crippen molar-refractivity contribution in [3.8, 4) is 5.75 Å². The van der Waals surface area contributed by atoms with E-state index in [-0.39, 0.29) is 12.4 Å². The number of hydrogen-bond acceptors (Lipinski definition) is 2. The van der Waals surface area contributed by atoms with Crippen molar-refractivity contribution in [3.05, 3.63) is 63.6 Å². The van der Waals surface area contributed by atoms with E-state index >= 15 is 0 Å². The highest BCUT2D eigenvalue weighted by atomic mass is 35.5. The summed E-state index contributed by atoms with van der Waals surface area (Å²) in [5.74, 6) is 0.873. The predicted octanol–water partition coefficient (Wildman–Crippen LogP) is 7.05. The van der Waals surface area contributed by atoms with Crippen molar-refractivity contribution in [3.63, 3.8) is 0 Å². The third kappa shape index (κ3) is 8.64. The topological polar surface area (TPSA) is 21.3 Å². The number of rotatable bonds is 11. The third-order valence-electron chi connectivity index (χ3n) is 4.10. The van der Waals surface area contributed by atoms with E-state index in [4.69, 9.17) is 27.9 Å². The maximum atomic E-state index is 6.15. The molecule has 0 saturated heterocycles. The van der Waals surface area contributed by atoms with E-state index in [1.165, 1.54) is 32.1 Å². The Morgan fingerprint density at radius 3 is 2.31 bits per heavy atom. The van der Waals surface area contributed by atoms with Gasteiger partial charge in [-0.3, -0.25) is 0 Å². The van der Waals surface area contributed by atoms with E-state index in [0.717, 1.165) is 40.0 Å². The maximum absolute atomic E-state index is 6.15. The molecule has 0 unspecified atom stereocenters. The Hall–Kier alpha value is -0.930. The van der Waals surface area contributed by atoms with Crippen LogP contribution in [-0.4, -0.2) is 6.54 Å². The van der Waals surface area contributed by atoms with Crippen molar-refractivity contribution >= 4 is 35.6 Å². The van der Waals surface area contributed by atoms with Crippen LogP contribution in [0, 0.1) is 0 Å². The van der Waals surface area contributed by atoms with Gasteiger partial charge in [-0.25, -0.2) is 0 Å². The smallest absolute Gasteiger partial charge is 0.124 e. The Balaban J connectivity index is 0.00000338. The number of ether oxygens (including phenoxy) is 1. The summed E-state index contributed by atoms with van der Waals surface area (Å²) in [5.41, 5.74) is 2.18. The largest absolute Gasteiger partial charge is 0.489 e. The first kappa shape index (κ1) is 23.1. The molecule has 0 aromatic heterocycles. The van der Waals surface area contributed by atoms with Crippen molar-refractivity contribution in [1.82, 2.24) is 5.32 Å². The SMILES string of the molecule is CCCCCCCNCc1cc(Cl)ccc1OCc1ccc(Cl)cc1.Cl. The lowest BCUT2D eigenvalue weighted by Gasteiger charge is -2.13. The highest BCUT2D eigenvalue weighted by Gasteiger charge is 2.05. The number of benzene rings is 2. The van der Waals surface area contributed by atoms with Crippen LogP contribution < -0.4 is 10.1 Å². The summed E-state index contributed by atoms with van der Waals surface area (Å²) in [7, 11) is 0.